The van der Waals surface area contributed by atoms with Gasteiger partial charge in [-0.1, -0.05) is 32.8 Å². The first-order valence-corrected chi connectivity index (χ1v) is 10.3. The van der Waals surface area contributed by atoms with Crippen LogP contribution in [0.4, 0.5) is 4.79 Å². The Morgan fingerprint density at radius 3 is 2.91 bits per heavy atom. The molecule has 4 atom stereocenters. The van der Waals surface area contributed by atoms with Crippen LogP contribution in [0.1, 0.15) is 50.3 Å². The topological polar surface area (TPSA) is 58.2 Å². The molecule has 0 bridgehead atoms. The van der Waals surface area contributed by atoms with Gasteiger partial charge in [-0.15, -0.1) is 11.3 Å². The summed E-state index contributed by atoms with van der Waals surface area (Å²) in [4.78, 5) is 13.4. The van der Waals surface area contributed by atoms with Crippen LogP contribution in [-0.2, 0) is 10.8 Å². The molecular formula is C16H26N2O2S2. The standard InChI is InChI=1S/C16H26N2O2S2/c1-3-22(20)15-9-5-4-7-13(15)18-16(19)17-11-12(2)14-8-6-10-21-14/h6,8,10,12-13,15H,3-5,7,9,11H2,1-2H3,(H2,17,18,19)/t12-,13-,15-,22+/m1/s1. The smallest absolute Gasteiger partial charge is 0.315 e. The molecule has 1 aliphatic carbocycles. The molecule has 0 aliphatic heterocycles. The average molecular weight is 343 g/mol. The lowest BCUT2D eigenvalue weighted by molar-refractivity contribution is 0.232. The lowest BCUT2D eigenvalue weighted by atomic mass is 9.95. The lowest BCUT2D eigenvalue weighted by Gasteiger charge is -2.31. The van der Waals surface area contributed by atoms with Crippen LogP contribution < -0.4 is 10.6 Å². The molecule has 0 spiro atoms. The van der Waals surface area contributed by atoms with Crippen LogP contribution in [0.5, 0.6) is 0 Å². The minimum atomic E-state index is -0.838. The molecule has 2 amide bonds. The zero-order valence-corrected chi connectivity index (χ0v) is 15.0. The van der Waals surface area contributed by atoms with E-state index in [9.17, 15) is 9.00 Å². The fraction of sp³-hybridized carbons (Fsp3) is 0.688. The fourth-order valence-electron chi connectivity index (χ4n) is 2.93. The third-order valence-corrected chi connectivity index (χ3v) is 7.15. The highest BCUT2D eigenvalue weighted by atomic mass is 32.2. The number of carbonyl (C=O) groups is 1. The number of amides is 2. The minimum Gasteiger partial charge on any atom is -0.338 e. The Morgan fingerprint density at radius 1 is 1.45 bits per heavy atom. The average Bonchev–Trinajstić information content (AvgIpc) is 3.07. The van der Waals surface area contributed by atoms with Gasteiger partial charge < -0.3 is 10.6 Å². The Kier molecular flexibility index (Phi) is 6.89. The van der Waals surface area contributed by atoms with Crippen molar-refractivity contribution in [3.05, 3.63) is 22.4 Å². The summed E-state index contributed by atoms with van der Waals surface area (Å²) >= 11 is 1.71. The van der Waals surface area contributed by atoms with Gasteiger partial charge in [0, 0.05) is 39.9 Å². The molecule has 2 rings (SSSR count). The van der Waals surface area contributed by atoms with Gasteiger partial charge in [0.2, 0.25) is 0 Å². The molecule has 1 heterocycles. The first-order chi connectivity index (χ1) is 10.6. The monoisotopic (exact) mass is 342 g/mol. The molecule has 0 radical (unpaired) electrons. The van der Waals surface area contributed by atoms with E-state index < -0.39 is 10.8 Å². The Balaban J connectivity index is 1.81. The number of carbonyl (C=O) groups excluding carboxylic acids is 1. The van der Waals surface area contributed by atoms with Crippen LogP contribution in [0, 0.1) is 0 Å². The molecule has 0 saturated heterocycles. The first kappa shape index (κ1) is 17.5. The second kappa shape index (κ2) is 8.67. The van der Waals surface area contributed by atoms with Crippen molar-refractivity contribution in [2.24, 2.45) is 0 Å². The number of hydrogen-bond donors (Lipinski definition) is 2. The van der Waals surface area contributed by atoms with Gasteiger partial charge in [0.25, 0.3) is 0 Å². The van der Waals surface area contributed by atoms with Crippen molar-refractivity contribution in [2.75, 3.05) is 12.3 Å². The van der Waals surface area contributed by atoms with Gasteiger partial charge in [-0.2, -0.15) is 0 Å². The largest absolute Gasteiger partial charge is 0.338 e. The van der Waals surface area contributed by atoms with Crippen LogP contribution in [0.15, 0.2) is 17.5 Å². The van der Waals surface area contributed by atoms with E-state index >= 15 is 0 Å². The highest BCUT2D eigenvalue weighted by Gasteiger charge is 2.30. The summed E-state index contributed by atoms with van der Waals surface area (Å²) < 4.78 is 12.1. The van der Waals surface area contributed by atoms with Gasteiger partial charge >= 0.3 is 6.03 Å². The summed E-state index contributed by atoms with van der Waals surface area (Å²) in [6.07, 6.45) is 4.11. The van der Waals surface area contributed by atoms with Crippen molar-refractivity contribution >= 4 is 28.2 Å². The molecule has 1 aliphatic rings. The van der Waals surface area contributed by atoms with Gasteiger partial charge in [-0.3, -0.25) is 4.21 Å². The Morgan fingerprint density at radius 2 is 2.23 bits per heavy atom. The lowest BCUT2D eigenvalue weighted by Crippen LogP contribution is -2.50. The highest BCUT2D eigenvalue weighted by Crippen LogP contribution is 2.23. The molecular weight excluding hydrogens is 316 g/mol. The van der Waals surface area contributed by atoms with E-state index in [1.54, 1.807) is 11.3 Å². The SMILES string of the molecule is CC[S@](=O)[C@@H]1CCCC[C@H]1NC(=O)NC[C@@H](C)c1cccs1. The number of thiophene rings is 1. The summed E-state index contributed by atoms with van der Waals surface area (Å²) in [7, 11) is -0.838. The summed E-state index contributed by atoms with van der Waals surface area (Å²) in [5.41, 5.74) is 0. The third kappa shape index (κ3) is 4.81. The van der Waals surface area contributed by atoms with Crippen LogP contribution in [0.25, 0.3) is 0 Å². The maximum absolute atomic E-state index is 12.1. The quantitative estimate of drug-likeness (QED) is 0.834. The van der Waals surface area contributed by atoms with Crippen molar-refractivity contribution in [2.45, 2.75) is 56.7 Å². The van der Waals surface area contributed by atoms with Crippen LogP contribution in [0.2, 0.25) is 0 Å². The molecule has 1 fully saturated rings. The molecule has 124 valence electrons. The molecule has 1 aromatic heterocycles. The van der Waals surface area contributed by atoms with Gasteiger partial charge in [0.05, 0.1) is 5.25 Å². The second-order valence-electron chi connectivity index (χ2n) is 5.87. The summed E-state index contributed by atoms with van der Waals surface area (Å²) in [5, 5.41) is 8.16. The van der Waals surface area contributed by atoms with Crippen LogP contribution in [0.3, 0.4) is 0 Å². The summed E-state index contributed by atoms with van der Waals surface area (Å²) in [6.45, 7) is 4.69. The molecule has 0 unspecified atom stereocenters. The van der Waals surface area contributed by atoms with Crippen LogP contribution >= 0.6 is 11.3 Å². The first-order valence-electron chi connectivity index (χ1n) is 8.06. The molecule has 2 N–H and O–H groups in total. The van der Waals surface area contributed by atoms with Crippen molar-refractivity contribution in [1.82, 2.24) is 10.6 Å². The van der Waals surface area contributed by atoms with Crippen molar-refractivity contribution in [3.8, 4) is 0 Å². The van der Waals surface area contributed by atoms with Gasteiger partial charge in [0.1, 0.15) is 0 Å². The van der Waals surface area contributed by atoms with E-state index in [0.717, 1.165) is 25.7 Å². The number of nitrogens with one attached hydrogen (secondary N) is 2. The summed E-state index contributed by atoms with van der Waals surface area (Å²) in [5.74, 6) is 0.984. The van der Waals surface area contributed by atoms with Gasteiger partial charge in [-0.05, 0) is 24.3 Å². The molecule has 1 aromatic rings. The molecule has 22 heavy (non-hydrogen) atoms. The molecule has 4 nitrogen and oxygen atoms in total. The van der Waals surface area contributed by atoms with E-state index in [-0.39, 0.29) is 17.3 Å². The van der Waals surface area contributed by atoms with Crippen molar-refractivity contribution in [3.63, 3.8) is 0 Å². The van der Waals surface area contributed by atoms with E-state index in [1.165, 1.54) is 4.88 Å². The Bertz CT molecular complexity index is 490. The minimum absolute atomic E-state index is 0.0478. The van der Waals surface area contributed by atoms with E-state index in [0.29, 0.717) is 18.2 Å². The highest BCUT2D eigenvalue weighted by molar-refractivity contribution is 7.85. The predicted molar refractivity (Wildman–Crippen MR) is 94.0 cm³/mol. The predicted octanol–water partition coefficient (Wildman–Crippen LogP) is 3.23. The zero-order chi connectivity index (χ0) is 15.9. The number of rotatable bonds is 6. The Hall–Kier alpha value is -0.880. The van der Waals surface area contributed by atoms with E-state index in [2.05, 4.69) is 29.0 Å². The van der Waals surface area contributed by atoms with Gasteiger partial charge in [0.15, 0.2) is 0 Å². The summed E-state index contributed by atoms with van der Waals surface area (Å²) in [6, 6.07) is 4.04. The normalized spacial score (nSPS) is 24.5. The third-order valence-electron chi connectivity index (χ3n) is 4.24. The van der Waals surface area contributed by atoms with E-state index in [1.807, 2.05) is 13.0 Å². The molecule has 1 saturated carbocycles. The molecule has 6 heteroatoms. The maximum atomic E-state index is 12.1. The maximum Gasteiger partial charge on any atom is 0.315 e. The fourth-order valence-corrected chi connectivity index (χ4v) is 5.14. The number of hydrogen-bond acceptors (Lipinski definition) is 3. The van der Waals surface area contributed by atoms with E-state index in [4.69, 9.17) is 0 Å². The number of urea groups is 1. The van der Waals surface area contributed by atoms with Gasteiger partial charge in [-0.25, -0.2) is 4.79 Å². The molecule has 0 aromatic carbocycles. The van der Waals surface area contributed by atoms with Crippen molar-refractivity contribution < 1.29 is 9.00 Å². The second-order valence-corrected chi connectivity index (χ2v) is 8.79. The van der Waals surface area contributed by atoms with Crippen molar-refractivity contribution in [1.29, 1.82) is 0 Å². The van der Waals surface area contributed by atoms with Crippen LogP contribution in [-0.4, -0.2) is 33.8 Å². The Labute approximate surface area is 139 Å². The zero-order valence-electron chi connectivity index (χ0n) is 13.3.